The number of carboxylic acids is 1. The zero-order valence-electron chi connectivity index (χ0n) is 12.8. The van der Waals surface area contributed by atoms with Crippen LogP contribution in [-0.2, 0) is 0 Å². The standard InChI is InChI=1S/C16H24N2O3/c1-18(12-5-3-4-6-12)10-9-17-15-11-13(21-2)7-8-14(15)16(19)20/h7-8,11-12,17H,3-6,9-10H2,1-2H3,(H,19,20). The summed E-state index contributed by atoms with van der Waals surface area (Å²) < 4.78 is 5.15. The molecule has 0 radical (unpaired) electrons. The van der Waals surface area contributed by atoms with Crippen LogP contribution in [0.5, 0.6) is 5.75 Å². The Bertz CT molecular complexity index is 484. The van der Waals surface area contributed by atoms with Crippen LogP contribution >= 0.6 is 0 Å². The van der Waals surface area contributed by atoms with Crippen LogP contribution in [0.2, 0.25) is 0 Å². The van der Waals surface area contributed by atoms with Crippen LogP contribution in [0.1, 0.15) is 36.0 Å². The number of hydrogen-bond donors (Lipinski definition) is 2. The van der Waals surface area contributed by atoms with Gasteiger partial charge in [0.1, 0.15) is 5.75 Å². The first-order valence-corrected chi connectivity index (χ1v) is 7.47. The number of likely N-dealkylation sites (N-methyl/N-ethyl adjacent to an activating group) is 1. The van der Waals surface area contributed by atoms with E-state index in [1.807, 2.05) is 0 Å². The maximum atomic E-state index is 11.2. The smallest absolute Gasteiger partial charge is 0.337 e. The number of nitrogens with zero attached hydrogens (tertiary/aromatic N) is 1. The molecule has 1 fully saturated rings. The molecule has 5 heteroatoms. The van der Waals surface area contributed by atoms with E-state index in [0.717, 1.165) is 13.1 Å². The predicted molar refractivity (Wildman–Crippen MR) is 83.3 cm³/mol. The lowest BCUT2D eigenvalue weighted by Gasteiger charge is -2.24. The van der Waals surface area contributed by atoms with Gasteiger partial charge in [-0.1, -0.05) is 12.8 Å². The molecule has 0 heterocycles. The van der Waals surface area contributed by atoms with Gasteiger partial charge in [-0.3, -0.25) is 0 Å². The summed E-state index contributed by atoms with van der Waals surface area (Å²) in [4.78, 5) is 13.6. The van der Waals surface area contributed by atoms with Crippen molar-refractivity contribution in [1.82, 2.24) is 4.90 Å². The van der Waals surface area contributed by atoms with Crippen molar-refractivity contribution < 1.29 is 14.6 Å². The van der Waals surface area contributed by atoms with E-state index in [0.29, 0.717) is 17.5 Å². The molecule has 0 atom stereocenters. The Kier molecular flexibility index (Phi) is 5.44. The summed E-state index contributed by atoms with van der Waals surface area (Å²) in [6, 6.07) is 5.65. The van der Waals surface area contributed by atoms with Gasteiger partial charge < -0.3 is 20.1 Å². The quantitative estimate of drug-likeness (QED) is 0.809. The highest BCUT2D eigenvalue weighted by molar-refractivity contribution is 5.94. The Morgan fingerprint density at radius 2 is 2.14 bits per heavy atom. The molecule has 1 aliphatic carbocycles. The van der Waals surface area contributed by atoms with Crippen molar-refractivity contribution in [1.29, 1.82) is 0 Å². The average molecular weight is 292 g/mol. The Labute approximate surface area is 125 Å². The average Bonchev–Trinajstić information content (AvgIpc) is 3.01. The normalized spacial score (nSPS) is 15.4. The van der Waals surface area contributed by atoms with Gasteiger partial charge in [-0.2, -0.15) is 0 Å². The van der Waals surface area contributed by atoms with Gasteiger partial charge in [-0.25, -0.2) is 4.79 Å². The molecular weight excluding hydrogens is 268 g/mol. The zero-order chi connectivity index (χ0) is 15.2. The molecule has 5 nitrogen and oxygen atoms in total. The number of nitrogens with one attached hydrogen (secondary N) is 1. The van der Waals surface area contributed by atoms with Crippen molar-refractivity contribution in [3.05, 3.63) is 23.8 Å². The van der Waals surface area contributed by atoms with E-state index in [2.05, 4.69) is 17.3 Å². The van der Waals surface area contributed by atoms with Gasteiger partial charge in [0.2, 0.25) is 0 Å². The van der Waals surface area contributed by atoms with Crippen molar-refractivity contribution in [2.45, 2.75) is 31.7 Å². The van der Waals surface area contributed by atoms with Crippen LogP contribution in [0.25, 0.3) is 0 Å². The first-order chi connectivity index (χ1) is 10.1. The van der Waals surface area contributed by atoms with Crippen LogP contribution in [-0.4, -0.2) is 49.3 Å². The number of carbonyl (C=O) groups is 1. The number of hydrogen-bond acceptors (Lipinski definition) is 4. The van der Waals surface area contributed by atoms with Crippen molar-refractivity contribution in [3.63, 3.8) is 0 Å². The second kappa shape index (κ2) is 7.31. The van der Waals surface area contributed by atoms with Crippen LogP contribution in [0.4, 0.5) is 5.69 Å². The molecule has 1 saturated carbocycles. The van der Waals surface area contributed by atoms with E-state index in [1.165, 1.54) is 25.7 Å². The summed E-state index contributed by atoms with van der Waals surface area (Å²) in [6.07, 6.45) is 5.19. The number of anilines is 1. The third-order valence-corrected chi connectivity index (χ3v) is 4.19. The molecule has 1 aromatic carbocycles. The molecule has 0 saturated heterocycles. The number of benzene rings is 1. The summed E-state index contributed by atoms with van der Waals surface area (Å²) >= 11 is 0. The van der Waals surface area contributed by atoms with E-state index >= 15 is 0 Å². The Morgan fingerprint density at radius 3 is 2.76 bits per heavy atom. The summed E-state index contributed by atoms with van der Waals surface area (Å²) in [5, 5.41) is 12.4. The summed E-state index contributed by atoms with van der Waals surface area (Å²) in [5.74, 6) is -0.268. The molecule has 2 rings (SSSR count). The SMILES string of the molecule is COc1ccc(C(=O)O)c(NCCN(C)C2CCCC2)c1. The van der Waals surface area contributed by atoms with Gasteiger partial charge in [0.05, 0.1) is 18.4 Å². The van der Waals surface area contributed by atoms with Gasteiger partial charge in [0.15, 0.2) is 0 Å². The first kappa shape index (κ1) is 15.6. The number of ether oxygens (including phenoxy) is 1. The third-order valence-electron chi connectivity index (χ3n) is 4.19. The molecule has 0 amide bonds. The molecular formula is C16H24N2O3. The number of rotatable bonds is 7. The summed E-state index contributed by atoms with van der Waals surface area (Å²) in [6.45, 7) is 1.63. The second-order valence-electron chi connectivity index (χ2n) is 5.56. The van der Waals surface area contributed by atoms with Crippen molar-refractivity contribution >= 4 is 11.7 Å². The van der Waals surface area contributed by atoms with Crippen LogP contribution < -0.4 is 10.1 Å². The molecule has 0 bridgehead atoms. The Balaban J connectivity index is 1.93. The van der Waals surface area contributed by atoms with E-state index in [1.54, 1.807) is 25.3 Å². The van der Waals surface area contributed by atoms with Crippen LogP contribution in [0.15, 0.2) is 18.2 Å². The highest BCUT2D eigenvalue weighted by Crippen LogP contribution is 2.24. The first-order valence-electron chi connectivity index (χ1n) is 7.47. The fourth-order valence-electron chi connectivity index (χ4n) is 2.88. The number of aromatic carboxylic acids is 1. The Morgan fingerprint density at radius 1 is 1.43 bits per heavy atom. The zero-order valence-corrected chi connectivity index (χ0v) is 12.8. The van der Waals surface area contributed by atoms with Gasteiger partial charge >= 0.3 is 5.97 Å². The Hall–Kier alpha value is -1.75. The molecule has 1 aliphatic rings. The maximum Gasteiger partial charge on any atom is 0.337 e. The molecule has 0 aromatic heterocycles. The number of carboxylic acid groups (broad SMARTS) is 1. The lowest BCUT2D eigenvalue weighted by molar-refractivity contribution is 0.0698. The van der Waals surface area contributed by atoms with E-state index in [-0.39, 0.29) is 5.56 Å². The van der Waals surface area contributed by atoms with Gasteiger partial charge in [-0.15, -0.1) is 0 Å². The third kappa shape index (κ3) is 4.11. The maximum absolute atomic E-state index is 11.2. The molecule has 0 spiro atoms. The minimum Gasteiger partial charge on any atom is -0.497 e. The van der Waals surface area contributed by atoms with E-state index in [9.17, 15) is 9.90 Å². The van der Waals surface area contributed by atoms with Gasteiger partial charge in [0.25, 0.3) is 0 Å². The van der Waals surface area contributed by atoms with Gasteiger partial charge in [0, 0.05) is 25.2 Å². The summed E-state index contributed by atoms with van der Waals surface area (Å²) in [5.41, 5.74) is 0.890. The van der Waals surface area contributed by atoms with Gasteiger partial charge in [-0.05, 0) is 32.0 Å². The molecule has 0 unspecified atom stereocenters. The highest BCUT2D eigenvalue weighted by atomic mass is 16.5. The molecule has 116 valence electrons. The number of methoxy groups -OCH3 is 1. The molecule has 1 aromatic rings. The minimum atomic E-state index is -0.927. The summed E-state index contributed by atoms with van der Waals surface area (Å²) in [7, 11) is 3.72. The highest BCUT2D eigenvalue weighted by Gasteiger charge is 2.19. The molecule has 0 aliphatic heterocycles. The van der Waals surface area contributed by atoms with Crippen molar-refractivity contribution in [3.8, 4) is 5.75 Å². The molecule has 21 heavy (non-hydrogen) atoms. The van der Waals surface area contributed by atoms with E-state index < -0.39 is 5.97 Å². The predicted octanol–water partition coefficient (Wildman–Crippen LogP) is 2.68. The van der Waals surface area contributed by atoms with Crippen LogP contribution in [0, 0.1) is 0 Å². The largest absolute Gasteiger partial charge is 0.497 e. The van der Waals surface area contributed by atoms with E-state index in [4.69, 9.17) is 4.74 Å². The second-order valence-corrected chi connectivity index (χ2v) is 5.56. The fraction of sp³-hybridized carbons (Fsp3) is 0.562. The van der Waals surface area contributed by atoms with Crippen molar-refractivity contribution in [2.24, 2.45) is 0 Å². The lowest BCUT2D eigenvalue weighted by Crippen LogP contribution is -2.33. The molecule has 2 N–H and O–H groups in total. The lowest BCUT2D eigenvalue weighted by atomic mass is 10.1. The minimum absolute atomic E-state index is 0.277. The fourth-order valence-corrected chi connectivity index (χ4v) is 2.88. The van der Waals surface area contributed by atoms with Crippen LogP contribution in [0.3, 0.4) is 0 Å². The topological polar surface area (TPSA) is 61.8 Å². The van der Waals surface area contributed by atoms with Crippen molar-refractivity contribution in [2.75, 3.05) is 32.6 Å². The monoisotopic (exact) mass is 292 g/mol.